The second-order valence-electron chi connectivity index (χ2n) is 13.1. The highest BCUT2D eigenvalue weighted by Gasteiger charge is 2.23. The third-order valence-corrected chi connectivity index (χ3v) is 10.8. The summed E-state index contributed by atoms with van der Waals surface area (Å²) in [7, 11) is 0. The molecule has 0 fully saturated rings. The zero-order valence-electron chi connectivity index (χ0n) is 26.2. The van der Waals surface area contributed by atoms with Crippen molar-refractivity contribution >= 4 is 86.2 Å². The third kappa shape index (κ3) is 3.34. The van der Waals surface area contributed by atoms with E-state index in [2.05, 4.69) is 170 Å². The topological polar surface area (TPSA) is 0 Å². The number of hydrogen-bond acceptors (Lipinski definition) is 0. The summed E-state index contributed by atoms with van der Waals surface area (Å²) in [5, 5.41) is 20.9. The maximum Gasteiger partial charge on any atom is -0.000742 e. The maximum absolute atomic E-state index is 2.40. The molecule has 0 N–H and O–H groups in total. The summed E-state index contributed by atoms with van der Waals surface area (Å²) in [4.78, 5) is 0. The van der Waals surface area contributed by atoms with Gasteiger partial charge in [-0.2, -0.15) is 0 Å². The van der Waals surface area contributed by atoms with E-state index in [4.69, 9.17) is 0 Å². The number of hydrogen-bond donors (Lipinski definition) is 0. The first kappa shape index (κ1) is 25.9. The standard InChI is InChI=1S/C48H28/c1-2-13-30(14-3-1)44-37-21-8-9-22-40(37)46(48-34-20-7-5-18-32(34)31-17-4-6-19-33(31)47(44)48)42-28-27-41-36-24-11-16-29-15-10-23-35(43(29)36)38-25-12-26-39(42)45(38)41/h1-28H. The Labute approximate surface area is 277 Å². The molecule has 0 unspecified atom stereocenters. The van der Waals surface area contributed by atoms with Crippen LogP contribution in [-0.2, 0) is 0 Å². The van der Waals surface area contributed by atoms with Crippen LogP contribution >= 0.6 is 0 Å². The van der Waals surface area contributed by atoms with Crippen molar-refractivity contribution in [3.05, 3.63) is 170 Å². The molecule has 0 amide bonds. The van der Waals surface area contributed by atoms with Crippen LogP contribution in [0, 0.1) is 0 Å². The van der Waals surface area contributed by atoms with E-state index in [1.165, 1.54) is 108 Å². The first-order chi connectivity index (χ1) is 23.9. The van der Waals surface area contributed by atoms with Crippen molar-refractivity contribution in [2.75, 3.05) is 0 Å². The molecular formula is C48H28. The minimum absolute atomic E-state index is 1.24. The Morgan fingerprint density at radius 2 is 0.625 bits per heavy atom. The lowest BCUT2D eigenvalue weighted by molar-refractivity contribution is 1.68. The number of rotatable bonds is 2. The Bertz CT molecular complexity index is 3040. The molecular weight excluding hydrogens is 577 g/mol. The summed E-state index contributed by atoms with van der Waals surface area (Å²) in [6, 6.07) is 63.3. The molecule has 11 rings (SSSR count). The van der Waals surface area contributed by atoms with Crippen LogP contribution in [0.1, 0.15) is 0 Å². The molecule has 0 heteroatoms. The highest BCUT2D eigenvalue weighted by molar-refractivity contribution is 6.39. The third-order valence-electron chi connectivity index (χ3n) is 10.8. The molecule has 0 atom stereocenters. The van der Waals surface area contributed by atoms with Crippen LogP contribution in [-0.4, -0.2) is 0 Å². The van der Waals surface area contributed by atoms with Crippen LogP contribution in [0.25, 0.3) is 108 Å². The fourth-order valence-electron chi connectivity index (χ4n) is 8.90. The van der Waals surface area contributed by atoms with Crippen LogP contribution in [0.15, 0.2) is 170 Å². The van der Waals surface area contributed by atoms with Crippen molar-refractivity contribution in [2.24, 2.45) is 0 Å². The molecule has 48 heavy (non-hydrogen) atoms. The van der Waals surface area contributed by atoms with E-state index in [9.17, 15) is 0 Å². The number of fused-ring (bicyclic) bond motifs is 9. The first-order valence-corrected chi connectivity index (χ1v) is 16.8. The summed E-state index contributed by atoms with van der Waals surface area (Å²) >= 11 is 0. The summed E-state index contributed by atoms with van der Waals surface area (Å²) in [5.41, 5.74) is 5.13. The van der Waals surface area contributed by atoms with E-state index < -0.39 is 0 Å². The van der Waals surface area contributed by atoms with Crippen molar-refractivity contribution in [1.82, 2.24) is 0 Å². The molecule has 0 saturated heterocycles. The van der Waals surface area contributed by atoms with E-state index in [0.29, 0.717) is 0 Å². The predicted octanol–water partition coefficient (Wildman–Crippen LogP) is 13.7. The zero-order chi connectivity index (χ0) is 31.3. The summed E-state index contributed by atoms with van der Waals surface area (Å²) in [6.45, 7) is 0. The van der Waals surface area contributed by atoms with Gasteiger partial charge < -0.3 is 0 Å². The smallest absolute Gasteiger partial charge is 0.000742 e. The molecule has 0 heterocycles. The predicted molar refractivity (Wildman–Crippen MR) is 209 cm³/mol. The monoisotopic (exact) mass is 604 g/mol. The van der Waals surface area contributed by atoms with Gasteiger partial charge in [-0.3, -0.25) is 0 Å². The average Bonchev–Trinajstić information content (AvgIpc) is 3.16. The lowest BCUT2D eigenvalue weighted by Gasteiger charge is -2.23. The Balaban J connectivity index is 1.43. The minimum atomic E-state index is 1.24. The van der Waals surface area contributed by atoms with Gasteiger partial charge in [0.2, 0.25) is 0 Å². The SMILES string of the molecule is c1ccc(-c2c3ccccc3c(-c3ccc4c5cccc6cccc(c7cccc3c74)c65)c3c4ccccc4c4ccccc4c23)cc1. The molecule has 220 valence electrons. The lowest BCUT2D eigenvalue weighted by atomic mass is 9.80. The summed E-state index contributed by atoms with van der Waals surface area (Å²) < 4.78 is 0. The van der Waals surface area contributed by atoms with Crippen molar-refractivity contribution in [3.63, 3.8) is 0 Å². The normalized spacial score (nSPS) is 12.2. The quantitative estimate of drug-likeness (QED) is 0.136. The van der Waals surface area contributed by atoms with E-state index in [1.54, 1.807) is 0 Å². The van der Waals surface area contributed by atoms with Gasteiger partial charge in [0.05, 0.1) is 0 Å². The van der Waals surface area contributed by atoms with Crippen LogP contribution in [0.5, 0.6) is 0 Å². The second-order valence-corrected chi connectivity index (χ2v) is 13.1. The van der Waals surface area contributed by atoms with E-state index in [0.717, 1.165) is 0 Å². The van der Waals surface area contributed by atoms with Crippen LogP contribution in [0.3, 0.4) is 0 Å². The molecule has 11 aromatic carbocycles. The van der Waals surface area contributed by atoms with Crippen LogP contribution < -0.4 is 0 Å². The highest BCUT2D eigenvalue weighted by atomic mass is 14.3. The first-order valence-electron chi connectivity index (χ1n) is 16.8. The molecule has 0 radical (unpaired) electrons. The Hall–Kier alpha value is -6.24. The Kier molecular flexibility index (Phi) is 5.20. The van der Waals surface area contributed by atoms with Crippen LogP contribution in [0.2, 0.25) is 0 Å². The lowest BCUT2D eigenvalue weighted by Crippen LogP contribution is -1.95. The second kappa shape index (κ2) is 9.64. The van der Waals surface area contributed by atoms with Gasteiger partial charge in [0.25, 0.3) is 0 Å². The molecule has 0 aromatic heterocycles. The van der Waals surface area contributed by atoms with Crippen LogP contribution in [0.4, 0.5) is 0 Å². The van der Waals surface area contributed by atoms with Gasteiger partial charge >= 0.3 is 0 Å². The van der Waals surface area contributed by atoms with E-state index in [1.807, 2.05) is 0 Å². The molecule has 0 nitrogen and oxygen atoms in total. The van der Waals surface area contributed by atoms with Gasteiger partial charge in [-0.25, -0.2) is 0 Å². The average molecular weight is 605 g/mol. The molecule has 0 spiro atoms. The molecule has 0 aliphatic carbocycles. The molecule has 0 aliphatic rings. The van der Waals surface area contributed by atoms with Gasteiger partial charge in [-0.1, -0.05) is 170 Å². The van der Waals surface area contributed by atoms with Gasteiger partial charge in [0.15, 0.2) is 0 Å². The molecule has 0 aliphatic heterocycles. The fourth-order valence-corrected chi connectivity index (χ4v) is 8.90. The minimum Gasteiger partial charge on any atom is -0.0622 e. The van der Waals surface area contributed by atoms with Gasteiger partial charge in [-0.05, 0) is 108 Å². The van der Waals surface area contributed by atoms with Crippen molar-refractivity contribution in [3.8, 4) is 22.3 Å². The summed E-state index contributed by atoms with van der Waals surface area (Å²) in [6.07, 6.45) is 0. The molecule has 11 aromatic rings. The van der Waals surface area contributed by atoms with Crippen molar-refractivity contribution in [2.45, 2.75) is 0 Å². The van der Waals surface area contributed by atoms with Crippen molar-refractivity contribution in [1.29, 1.82) is 0 Å². The van der Waals surface area contributed by atoms with Gasteiger partial charge in [0, 0.05) is 0 Å². The van der Waals surface area contributed by atoms with E-state index >= 15 is 0 Å². The Morgan fingerprint density at radius 1 is 0.208 bits per heavy atom. The zero-order valence-corrected chi connectivity index (χ0v) is 26.2. The molecule has 0 saturated carbocycles. The fraction of sp³-hybridized carbons (Fsp3) is 0. The van der Waals surface area contributed by atoms with Gasteiger partial charge in [0.1, 0.15) is 0 Å². The number of benzene rings is 11. The summed E-state index contributed by atoms with van der Waals surface area (Å²) in [5.74, 6) is 0. The van der Waals surface area contributed by atoms with Gasteiger partial charge in [-0.15, -0.1) is 0 Å². The largest absolute Gasteiger partial charge is 0.0622 e. The molecule has 0 bridgehead atoms. The maximum atomic E-state index is 2.40. The highest BCUT2D eigenvalue weighted by Crippen LogP contribution is 2.51. The Morgan fingerprint density at radius 3 is 1.27 bits per heavy atom. The van der Waals surface area contributed by atoms with Crippen molar-refractivity contribution < 1.29 is 0 Å². The van der Waals surface area contributed by atoms with E-state index in [-0.39, 0.29) is 0 Å².